The van der Waals surface area contributed by atoms with E-state index in [0.29, 0.717) is 40.7 Å². The van der Waals surface area contributed by atoms with Gasteiger partial charge in [-0.25, -0.2) is 4.98 Å². The monoisotopic (exact) mass is 441 g/mol. The molecule has 3 aromatic rings. The van der Waals surface area contributed by atoms with E-state index in [1.54, 1.807) is 11.8 Å². The van der Waals surface area contributed by atoms with Gasteiger partial charge in [-0.1, -0.05) is 12.1 Å². The number of nitrogens with one attached hydrogen (secondary N) is 1. The van der Waals surface area contributed by atoms with Crippen LogP contribution in [0.25, 0.3) is 16.7 Å². The summed E-state index contributed by atoms with van der Waals surface area (Å²) in [4.78, 5) is 18.5. The highest BCUT2D eigenvalue weighted by molar-refractivity contribution is 5.96. The normalized spacial score (nSPS) is 27.5. The predicted octanol–water partition coefficient (Wildman–Crippen LogP) is 4.76. The molecule has 0 radical (unpaired) electrons. The van der Waals surface area contributed by atoms with Crippen LogP contribution in [0.1, 0.15) is 49.7 Å². The summed E-state index contributed by atoms with van der Waals surface area (Å²) in [5.74, 6) is 3.66. The summed E-state index contributed by atoms with van der Waals surface area (Å²) in [5.41, 5.74) is 1.77. The van der Waals surface area contributed by atoms with E-state index in [0.717, 1.165) is 35.7 Å². The molecule has 4 saturated carbocycles. The molecule has 0 saturated heterocycles. The third kappa shape index (κ3) is 3.12. The Labute approximate surface area is 192 Å². The van der Waals surface area contributed by atoms with Gasteiger partial charge in [0.15, 0.2) is 11.6 Å². The zero-order valence-corrected chi connectivity index (χ0v) is 19.0. The Morgan fingerprint density at radius 3 is 2.55 bits per heavy atom. The summed E-state index contributed by atoms with van der Waals surface area (Å²) in [6.07, 6.45) is 8.21. The molecule has 4 fully saturated rings. The molecule has 1 amide bonds. The smallest absolute Gasteiger partial charge is 0.231 e. The second-order valence-corrected chi connectivity index (χ2v) is 10.2. The Hall–Kier alpha value is -3.40. The van der Waals surface area contributed by atoms with Gasteiger partial charge >= 0.3 is 0 Å². The van der Waals surface area contributed by atoms with Crippen molar-refractivity contribution in [2.75, 3.05) is 12.4 Å². The molecule has 4 aliphatic rings. The average Bonchev–Trinajstić information content (AvgIpc) is 3.20. The average molecular weight is 442 g/mol. The van der Waals surface area contributed by atoms with E-state index in [-0.39, 0.29) is 11.3 Å². The first-order chi connectivity index (χ1) is 16.0. The van der Waals surface area contributed by atoms with Gasteiger partial charge < -0.3 is 10.1 Å². The fourth-order valence-corrected chi connectivity index (χ4v) is 7.00. The molecule has 1 aromatic carbocycles. The van der Waals surface area contributed by atoms with Gasteiger partial charge in [0.2, 0.25) is 5.91 Å². The molecule has 7 heteroatoms. The van der Waals surface area contributed by atoms with Crippen LogP contribution >= 0.6 is 0 Å². The van der Waals surface area contributed by atoms with E-state index in [1.807, 2.05) is 31.2 Å². The van der Waals surface area contributed by atoms with Crippen LogP contribution in [0.4, 0.5) is 5.82 Å². The lowest BCUT2D eigenvalue weighted by Gasteiger charge is -2.55. The summed E-state index contributed by atoms with van der Waals surface area (Å²) >= 11 is 0. The number of nitriles is 1. The first kappa shape index (κ1) is 20.2. The van der Waals surface area contributed by atoms with Crippen molar-refractivity contribution in [2.45, 2.75) is 45.4 Å². The van der Waals surface area contributed by atoms with Gasteiger partial charge in [0.25, 0.3) is 0 Å². The number of methoxy groups -OCH3 is 1. The number of anilines is 1. The van der Waals surface area contributed by atoms with Crippen LogP contribution in [0, 0.1) is 41.4 Å². The number of nitrogens with zero attached hydrogens (tertiary/aromatic N) is 4. The van der Waals surface area contributed by atoms with Gasteiger partial charge in [0.05, 0.1) is 18.7 Å². The van der Waals surface area contributed by atoms with E-state index in [9.17, 15) is 10.1 Å². The number of amides is 1. The van der Waals surface area contributed by atoms with Crippen molar-refractivity contribution in [3.63, 3.8) is 0 Å². The van der Waals surface area contributed by atoms with Crippen LogP contribution in [0.2, 0.25) is 0 Å². The number of hydrogen-bond donors (Lipinski definition) is 1. The molecule has 7 rings (SSSR count). The predicted molar refractivity (Wildman–Crippen MR) is 124 cm³/mol. The first-order valence-electron chi connectivity index (χ1n) is 11.7. The molecule has 2 aromatic heterocycles. The van der Waals surface area contributed by atoms with Gasteiger partial charge in [-0.05, 0) is 80.9 Å². The molecule has 0 atom stereocenters. The number of carbonyl (C=O) groups is 1. The van der Waals surface area contributed by atoms with E-state index < -0.39 is 0 Å². The number of pyridine rings is 1. The fourth-order valence-electron chi connectivity index (χ4n) is 7.00. The van der Waals surface area contributed by atoms with Gasteiger partial charge in [0, 0.05) is 5.39 Å². The van der Waals surface area contributed by atoms with Crippen LogP contribution in [-0.4, -0.2) is 27.8 Å². The number of aromatic nitrogens is 3. The maximum absolute atomic E-state index is 13.7. The van der Waals surface area contributed by atoms with E-state index in [1.165, 1.54) is 25.5 Å². The minimum Gasteiger partial charge on any atom is -0.494 e. The zero-order chi connectivity index (χ0) is 22.7. The summed E-state index contributed by atoms with van der Waals surface area (Å²) < 4.78 is 7.10. The lowest BCUT2D eigenvalue weighted by Crippen LogP contribution is -2.52. The Morgan fingerprint density at radius 2 is 1.91 bits per heavy atom. The molecule has 1 N–H and O–H groups in total. The Balaban J connectivity index is 1.40. The first-order valence-corrected chi connectivity index (χ1v) is 11.7. The third-order valence-electron chi connectivity index (χ3n) is 8.07. The van der Waals surface area contributed by atoms with Gasteiger partial charge in [-0.2, -0.15) is 15.0 Å². The summed E-state index contributed by atoms with van der Waals surface area (Å²) in [7, 11) is 1.62. The quantitative estimate of drug-likeness (QED) is 0.630. The lowest BCUT2D eigenvalue weighted by molar-refractivity contribution is -0.140. The number of ether oxygens (including phenoxy) is 1. The van der Waals surface area contributed by atoms with Crippen molar-refractivity contribution in [2.24, 2.45) is 23.2 Å². The van der Waals surface area contributed by atoms with Crippen LogP contribution in [0.15, 0.2) is 30.5 Å². The number of aryl methyl sites for hydroxylation is 1. The molecule has 0 aliphatic heterocycles. The highest BCUT2D eigenvalue weighted by Crippen LogP contribution is 2.60. The maximum atomic E-state index is 13.7. The standard InChI is InChI=1S/C26H27N5O2/c1-15-6-22(29-23-20(15)4-3-5-21(23)33-2)31-24(19(13-27)14-28-31)30-25(32)26-10-16-7-17(11-26)9-18(8-16)12-26/h3-6,14,16-18H,7-12H2,1-2H3,(H,30,32). The Morgan fingerprint density at radius 1 is 1.21 bits per heavy atom. The molecule has 33 heavy (non-hydrogen) atoms. The molecule has 0 unspecified atom stereocenters. The largest absolute Gasteiger partial charge is 0.494 e. The summed E-state index contributed by atoms with van der Waals surface area (Å²) in [6.45, 7) is 2.01. The SMILES string of the molecule is COc1cccc2c(C)cc(-n3ncc(C#N)c3NC(=O)C34CC5CC(CC(C5)C3)C4)nc12. The van der Waals surface area contributed by atoms with E-state index in [4.69, 9.17) is 9.72 Å². The molecule has 7 nitrogen and oxygen atoms in total. The van der Waals surface area contributed by atoms with Crippen molar-refractivity contribution in [1.82, 2.24) is 14.8 Å². The topological polar surface area (TPSA) is 92.8 Å². The number of rotatable bonds is 4. The highest BCUT2D eigenvalue weighted by atomic mass is 16.5. The maximum Gasteiger partial charge on any atom is 0.231 e. The third-order valence-corrected chi connectivity index (χ3v) is 8.07. The minimum absolute atomic E-state index is 0.0370. The summed E-state index contributed by atoms with van der Waals surface area (Å²) in [5, 5.41) is 18.3. The molecule has 4 bridgehead atoms. The molecule has 168 valence electrons. The number of fused-ring (bicyclic) bond motifs is 1. The van der Waals surface area contributed by atoms with Gasteiger partial charge in [0.1, 0.15) is 22.9 Å². The number of para-hydroxylation sites is 1. The fraction of sp³-hybridized carbons (Fsp3) is 0.462. The van der Waals surface area contributed by atoms with Crippen LogP contribution in [0.5, 0.6) is 5.75 Å². The molecule has 4 aliphatic carbocycles. The second kappa shape index (κ2) is 7.31. The van der Waals surface area contributed by atoms with Crippen molar-refractivity contribution in [1.29, 1.82) is 5.26 Å². The van der Waals surface area contributed by atoms with Gasteiger partial charge in [-0.3, -0.25) is 4.79 Å². The Kier molecular flexibility index (Phi) is 4.48. The van der Waals surface area contributed by atoms with Gasteiger partial charge in [-0.15, -0.1) is 0 Å². The molecular formula is C26H27N5O2. The van der Waals surface area contributed by atoms with Crippen molar-refractivity contribution in [3.05, 3.63) is 41.6 Å². The number of carbonyl (C=O) groups excluding carboxylic acids is 1. The lowest BCUT2D eigenvalue weighted by atomic mass is 9.49. The minimum atomic E-state index is -0.313. The van der Waals surface area contributed by atoms with Crippen LogP contribution in [-0.2, 0) is 4.79 Å². The second-order valence-electron chi connectivity index (χ2n) is 10.2. The van der Waals surface area contributed by atoms with Crippen molar-refractivity contribution in [3.8, 4) is 17.6 Å². The van der Waals surface area contributed by atoms with E-state index >= 15 is 0 Å². The molecular weight excluding hydrogens is 414 g/mol. The summed E-state index contributed by atoms with van der Waals surface area (Å²) in [6, 6.07) is 9.93. The van der Waals surface area contributed by atoms with E-state index in [2.05, 4.69) is 16.5 Å². The van der Waals surface area contributed by atoms with Crippen molar-refractivity contribution >= 4 is 22.6 Å². The zero-order valence-electron chi connectivity index (χ0n) is 19.0. The Bertz CT molecular complexity index is 1280. The van der Waals surface area contributed by atoms with Crippen LogP contribution in [0.3, 0.4) is 0 Å². The van der Waals surface area contributed by atoms with Crippen LogP contribution < -0.4 is 10.1 Å². The molecule has 0 spiro atoms. The molecule has 2 heterocycles. The number of hydrogen-bond acceptors (Lipinski definition) is 5. The van der Waals surface area contributed by atoms with Crippen molar-refractivity contribution < 1.29 is 9.53 Å². The highest BCUT2D eigenvalue weighted by Gasteiger charge is 2.54. The number of benzene rings is 1.